The van der Waals surface area contributed by atoms with Crippen LogP contribution < -0.4 is 4.72 Å². The maximum Gasteiger partial charge on any atom is 0.216 e. The van der Waals surface area contributed by atoms with Crippen LogP contribution in [0.4, 0.5) is 0 Å². The molecule has 106 valence electrons. The number of sulfonamides is 1. The molecule has 1 N–H and O–H groups in total. The number of hydrogen-bond acceptors (Lipinski definition) is 3. The molecule has 2 rings (SSSR count). The third-order valence-electron chi connectivity index (χ3n) is 2.97. The Labute approximate surface area is 119 Å². The highest BCUT2D eigenvalue weighted by atomic mass is 32.2. The highest BCUT2D eigenvalue weighted by molar-refractivity contribution is 7.88. The van der Waals surface area contributed by atoms with Crippen LogP contribution in [0.15, 0.2) is 48.7 Å². The Balaban J connectivity index is 2.06. The predicted molar refractivity (Wildman–Crippen MR) is 79.6 cm³/mol. The molecule has 0 amide bonds. The molecule has 0 saturated heterocycles. The van der Waals surface area contributed by atoms with Gasteiger partial charge in [0.1, 0.15) is 0 Å². The first-order valence-corrected chi connectivity index (χ1v) is 8.08. The van der Waals surface area contributed by atoms with E-state index in [0.29, 0.717) is 5.69 Å². The summed E-state index contributed by atoms with van der Waals surface area (Å²) in [7, 11) is -3.38. The smallest absolute Gasteiger partial charge is 0.216 e. The van der Waals surface area contributed by atoms with Crippen LogP contribution in [-0.4, -0.2) is 13.4 Å². The third-order valence-corrected chi connectivity index (χ3v) is 4.39. The van der Waals surface area contributed by atoms with E-state index in [-0.39, 0.29) is 11.8 Å². The largest absolute Gasteiger partial charge is 0.260 e. The number of pyridine rings is 1. The second-order valence-corrected chi connectivity index (χ2v) is 6.59. The van der Waals surface area contributed by atoms with Gasteiger partial charge in [0, 0.05) is 6.20 Å². The minimum absolute atomic E-state index is 0.0234. The molecule has 20 heavy (non-hydrogen) atoms. The number of aromatic nitrogens is 1. The van der Waals surface area contributed by atoms with Crippen molar-refractivity contribution < 1.29 is 8.42 Å². The van der Waals surface area contributed by atoms with E-state index < -0.39 is 10.0 Å². The average Bonchev–Trinajstić information content (AvgIpc) is 2.41. The molecule has 0 aliphatic heterocycles. The fraction of sp³-hybridized carbons (Fsp3) is 0.267. The summed E-state index contributed by atoms with van der Waals surface area (Å²) in [5, 5.41) is 0. The second-order valence-electron chi connectivity index (χ2n) is 4.84. The van der Waals surface area contributed by atoms with Gasteiger partial charge in [-0.2, -0.15) is 0 Å². The Bertz CT molecular complexity index is 652. The number of aryl methyl sites for hydroxylation is 1. The van der Waals surface area contributed by atoms with Gasteiger partial charge in [0.25, 0.3) is 0 Å². The van der Waals surface area contributed by atoms with Gasteiger partial charge in [-0.05, 0) is 31.5 Å². The maximum absolute atomic E-state index is 12.1. The Morgan fingerprint density at radius 3 is 2.45 bits per heavy atom. The molecule has 4 nitrogen and oxygen atoms in total. The standard InChI is InChI=1S/C15H18N2O2S/c1-12-6-8-14(9-7-12)11-20(18,19)17-13(2)15-5-3-4-10-16-15/h3-10,13,17H,11H2,1-2H3. The number of rotatable bonds is 5. The summed E-state index contributed by atoms with van der Waals surface area (Å²) >= 11 is 0. The van der Waals surface area contributed by atoms with E-state index in [4.69, 9.17) is 0 Å². The van der Waals surface area contributed by atoms with E-state index in [1.54, 1.807) is 25.3 Å². The van der Waals surface area contributed by atoms with E-state index in [2.05, 4.69) is 9.71 Å². The van der Waals surface area contributed by atoms with Crippen LogP contribution in [0.1, 0.15) is 29.8 Å². The predicted octanol–water partition coefficient (Wildman–Crippen LogP) is 2.57. The van der Waals surface area contributed by atoms with Gasteiger partial charge < -0.3 is 0 Å². The summed E-state index contributed by atoms with van der Waals surface area (Å²) in [5.41, 5.74) is 2.59. The van der Waals surface area contributed by atoms with Gasteiger partial charge in [-0.25, -0.2) is 13.1 Å². The summed E-state index contributed by atoms with van der Waals surface area (Å²) in [4.78, 5) is 4.15. The van der Waals surface area contributed by atoms with Crippen LogP contribution in [0.3, 0.4) is 0 Å². The van der Waals surface area contributed by atoms with E-state index >= 15 is 0 Å². The van der Waals surface area contributed by atoms with E-state index in [9.17, 15) is 8.42 Å². The van der Waals surface area contributed by atoms with Crippen LogP contribution in [0.25, 0.3) is 0 Å². The lowest BCUT2D eigenvalue weighted by atomic mass is 10.2. The third kappa shape index (κ3) is 4.15. The van der Waals surface area contributed by atoms with Crippen LogP contribution in [0.5, 0.6) is 0 Å². The van der Waals surface area contributed by atoms with Crippen molar-refractivity contribution in [3.05, 3.63) is 65.5 Å². The lowest BCUT2D eigenvalue weighted by Crippen LogP contribution is -2.28. The lowest BCUT2D eigenvalue weighted by Gasteiger charge is -2.13. The van der Waals surface area contributed by atoms with Crippen molar-refractivity contribution >= 4 is 10.0 Å². The highest BCUT2D eigenvalue weighted by Crippen LogP contribution is 2.12. The summed E-state index contributed by atoms with van der Waals surface area (Å²) < 4.78 is 26.9. The number of nitrogens with zero attached hydrogens (tertiary/aromatic N) is 1. The molecule has 1 heterocycles. The number of nitrogens with one attached hydrogen (secondary N) is 1. The molecule has 0 fully saturated rings. The normalized spacial score (nSPS) is 13.1. The van der Waals surface area contributed by atoms with E-state index in [0.717, 1.165) is 11.1 Å². The van der Waals surface area contributed by atoms with Crippen LogP contribution in [0, 0.1) is 6.92 Å². The molecule has 0 saturated carbocycles. The second kappa shape index (κ2) is 6.15. The van der Waals surface area contributed by atoms with Gasteiger partial charge in [-0.15, -0.1) is 0 Å². The first-order chi connectivity index (χ1) is 9.46. The zero-order valence-electron chi connectivity index (χ0n) is 11.6. The maximum atomic E-state index is 12.1. The Kier molecular flexibility index (Phi) is 4.52. The topological polar surface area (TPSA) is 59.1 Å². The van der Waals surface area contributed by atoms with Crippen LogP contribution in [0.2, 0.25) is 0 Å². The first kappa shape index (κ1) is 14.7. The molecule has 2 aromatic rings. The molecule has 0 aliphatic carbocycles. The van der Waals surface area contributed by atoms with Crippen molar-refractivity contribution in [3.63, 3.8) is 0 Å². The van der Waals surface area contributed by atoms with Crippen molar-refractivity contribution in [2.45, 2.75) is 25.6 Å². The Morgan fingerprint density at radius 2 is 1.85 bits per heavy atom. The Hall–Kier alpha value is -1.72. The van der Waals surface area contributed by atoms with Crippen molar-refractivity contribution in [1.29, 1.82) is 0 Å². The van der Waals surface area contributed by atoms with Crippen molar-refractivity contribution in [2.75, 3.05) is 0 Å². The van der Waals surface area contributed by atoms with Gasteiger partial charge in [-0.3, -0.25) is 4.98 Å². The number of hydrogen-bond donors (Lipinski definition) is 1. The quantitative estimate of drug-likeness (QED) is 0.920. The average molecular weight is 290 g/mol. The van der Waals surface area contributed by atoms with Gasteiger partial charge in [0.15, 0.2) is 0 Å². The molecule has 0 spiro atoms. The van der Waals surface area contributed by atoms with Crippen LogP contribution >= 0.6 is 0 Å². The van der Waals surface area contributed by atoms with E-state index in [1.165, 1.54) is 0 Å². The zero-order valence-corrected chi connectivity index (χ0v) is 12.4. The minimum Gasteiger partial charge on any atom is -0.260 e. The molecule has 1 atom stereocenters. The SMILES string of the molecule is Cc1ccc(CS(=O)(=O)NC(C)c2ccccn2)cc1. The van der Waals surface area contributed by atoms with Gasteiger partial charge in [0.05, 0.1) is 17.5 Å². The molecule has 1 aromatic heterocycles. The monoisotopic (exact) mass is 290 g/mol. The number of benzene rings is 1. The molecule has 0 bridgehead atoms. The molecular weight excluding hydrogens is 272 g/mol. The summed E-state index contributed by atoms with van der Waals surface area (Å²) in [6.45, 7) is 3.76. The van der Waals surface area contributed by atoms with Crippen molar-refractivity contribution in [3.8, 4) is 0 Å². The molecule has 0 aliphatic rings. The fourth-order valence-corrected chi connectivity index (χ4v) is 3.28. The molecule has 1 unspecified atom stereocenters. The zero-order chi connectivity index (χ0) is 14.6. The van der Waals surface area contributed by atoms with Gasteiger partial charge >= 0.3 is 0 Å². The molecular formula is C15H18N2O2S. The summed E-state index contributed by atoms with van der Waals surface area (Å²) in [6, 6.07) is 12.6. The summed E-state index contributed by atoms with van der Waals surface area (Å²) in [6.07, 6.45) is 1.65. The molecule has 5 heteroatoms. The van der Waals surface area contributed by atoms with Gasteiger partial charge in [-0.1, -0.05) is 35.9 Å². The molecule has 0 radical (unpaired) electrons. The van der Waals surface area contributed by atoms with E-state index in [1.807, 2.05) is 37.3 Å². The highest BCUT2D eigenvalue weighted by Gasteiger charge is 2.17. The van der Waals surface area contributed by atoms with Crippen LogP contribution in [-0.2, 0) is 15.8 Å². The minimum atomic E-state index is -3.38. The first-order valence-electron chi connectivity index (χ1n) is 6.43. The van der Waals surface area contributed by atoms with Crippen molar-refractivity contribution in [2.24, 2.45) is 0 Å². The fourth-order valence-electron chi connectivity index (χ4n) is 1.91. The Morgan fingerprint density at radius 1 is 1.15 bits per heavy atom. The lowest BCUT2D eigenvalue weighted by molar-refractivity contribution is 0.563. The van der Waals surface area contributed by atoms with Gasteiger partial charge in [0.2, 0.25) is 10.0 Å². The molecule has 1 aromatic carbocycles. The van der Waals surface area contributed by atoms with Crippen molar-refractivity contribution in [1.82, 2.24) is 9.71 Å². The summed E-state index contributed by atoms with van der Waals surface area (Å²) in [5.74, 6) is -0.0234.